The first-order valence-corrected chi connectivity index (χ1v) is 12.9. The minimum absolute atomic E-state index is 0.0550. The number of rotatable bonds is 5. The minimum Gasteiger partial charge on any atom is -0.406 e. The third-order valence-electron chi connectivity index (χ3n) is 7.32. The lowest BCUT2D eigenvalue weighted by molar-refractivity contribution is -0.274. The molecule has 0 unspecified atom stereocenters. The van der Waals surface area contributed by atoms with Crippen LogP contribution in [0.2, 0.25) is 0 Å². The standard InChI is InChI=1S/C25H21BrF3N7O3/c26-18-2-1-3-19(33-18)34-24(38)17-8-12-4-6-15(12)36(17)20(37)10-35-16-7-5-13(39-25(27,28)29)9-14(16)21-22(30)31-11-32-23(21)35/h1-3,5,7,9,11-12,15,17H,4,6,8,10H2,(H2,30,31,32)(H,33,34,38)/t12-,15-,17+/m1/s1. The van der Waals surface area contributed by atoms with Crippen LogP contribution in [0.3, 0.4) is 0 Å². The molecule has 2 fully saturated rings. The maximum Gasteiger partial charge on any atom is 0.573 e. The van der Waals surface area contributed by atoms with Crippen LogP contribution in [-0.4, -0.2) is 54.7 Å². The predicted molar refractivity (Wildman–Crippen MR) is 138 cm³/mol. The van der Waals surface area contributed by atoms with Gasteiger partial charge in [0.05, 0.1) is 10.9 Å². The molecule has 14 heteroatoms. The van der Waals surface area contributed by atoms with E-state index in [2.05, 4.69) is 40.9 Å². The molecule has 1 aliphatic heterocycles. The molecular weight excluding hydrogens is 583 g/mol. The largest absolute Gasteiger partial charge is 0.573 e. The Morgan fingerprint density at radius 2 is 2.00 bits per heavy atom. The van der Waals surface area contributed by atoms with Gasteiger partial charge in [-0.05, 0) is 71.4 Å². The van der Waals surface area contributed by atoms with Crippen LogP contribution in [0.5, 0.6) is 5.75 Å². The topological polar surface area (TPSA) is 128 Å². The van der Waals surface area contributed by atoms with Gasteiger partial charge in [0.1, 0.15) is 46.5 Å². The lowest BCUT2D eigenvalue weighted by Gasteiger charge is -2.37. The van der Waals surface area contributed by atoms with Gasteiger partial charge in [-0.3, -0.25) is 9.59 Å². The monoisotopic (exact) mass is 603 g/mol. The highest BCUT2D eigenvalue weighted by molar-refractivity contribution is 9.10. The number of benzene rings is 1. The van der Waals surface area contributed by atoms with E-state index in [4.69, 9.17) is 5.73 Å². The third kappa shape index (κ3) is 4.62. The van der Waals surface area contributed by atoms with Gasteiger partial charge in [-0.25, -0.2) is 15.0 Å². The summed E-state index contributed by atoms with van der Waals surface area (Å²) in [7, 11) is 0. The van der Waals surface area contributed by atoms with Gasteiger partial charge < -0.3 is 25.3 Å². The van der Waals surface area contributed by atoms with E-state index in [1.807, 2.05) is 0 Å². The van der Waals surface area contributed by atoms with Crippen LogP contribution in [0.25, 0.3) is 21.9 Å². The number of hydrogen-bond donors (Lipinski definition) is 2. The Morgan fingerprint density at radius 3 is 2.72 bits per heavy atom. The summed E-state index contributed by atoms with van der Waals surface area (Å²) in [6.45, 7) is -0.196. The number of halogens is 4. The van der Waals surface area contributed by atoms with Crippen molar-refractivity contribution in [1.82, 2.24) is 24.4 Å². The van der Waals surface area contributed by atoms with Crippen molar-refractivity contribution in [3.8, 4) is 5.75 Å². The zero-order valence-corrected chi connectivity index (χ0v) is 21.7. The highest BCUT2D eigenvalue weighted by Gasteiger charge is 2.51. The first kappa shape index (κ1) is 25.3. The second-order valence-electron chi connectivity index (χ2n) is 9.56. The van der Waals surface area contributed by atoms with Crippen molar-refractivity contribution in [3.63, 3.8) is 0 Å². The van der Waals surface area contributed by atoms with Crippen molar-refractivity contribution < 1.29 is 27.5 Å². The SMILES string of the molecule is Nc1ncnc2c1c1cc(OC(F)(F)F)ccc1n2CC(=O)N1[C@@H]2CC[C@@H]2C[C@H]1C(=O)Nc1cccc(Br)n1. The molecular formula is C25H21BrF3N7O3. The van der Waals surface area contributed by atoms with Crippen molar-refractivity contribution in [3.05, 3.63) is 47.3 Å². The Labute approximate surface area is 227 Å². The Kier molecular flexibility index (Phi) is 6.08. The molecule has 4 aromatic rings. The van der Waals surface area contributed by atoms with E-state index in [1.165, 1.54) is 24.5 Å². The molecule has 0 bridgehead atoms. The van der Waals surface area contributed by atoms with E-state index < -0.39 is 18.2 Å². The number of likely N-dealkylation sites (tertiary alicyclic amines) is 1. The molecule has 39 heavy (non-hydrogen) atoms. The Morgan fingerprint density at radius 1 is 1.18 bits per heavy atom. The van der Waals surface area contributed by atoms with Crippen LogP contribution >= 0.6 is 15.9 Å². The number of nitrogens with one attached hydrogen (secondary N) is 1. The number of carbonyl (C=O) groups excluding carboxylic acids is 2. The molecule has 0 spiro atoms. The average Bonchev–Trinajstić information content (AvgIpc) is 3.29. The summed E-state index contributed by atoms with van der Waals surface area (Å²) in [4.78, 5) is 41.2. The summed E-state index contributed by atoms with van der Waals surface area (Å²) in [5.74, 6) is -0.425. The zero-order valence-electron chi connectivity index (χ0n) is 20.2. The van der Waals surface area contributed by atoms with Crippen molar-refractivity contribution in [2.75, 3.05) is 11.1 Å². The number of anilines is 2. The van der Waals surface area contributed by atoms with Crippen molar-refractivity contribution in [2.24, 2.45) is 5.92 Å². The van der Waals surface area contributed by atoms with Crippen LogP contribution in [0, 0.1) is 5.92 Å². The number of alkyl halides is 3. The van der Waals surface area contributed by atoms with Crippen molar-refractivity contribution >= 4 is 61.3 Å². The molecule has 1 saturated carbocycles. The summed E-state index contributed by atoms with van der Waals surface area (Å²) in [6.07, 6.45) is -1.40. The van der Waals surface area contributed by atoms with Crippen LogP contribution in [-0.2, 0) is 16.1 Å². The fourth-order valence-corrected chi connectivity index (χ4v) is 5.94. The number of aromatic nitrogens is 4. The molecule has 1 saturated heterocycles. The quantitative estimate of drug-likeness (QED) is 0.326. The highest BCUT2D eigenvalue weighted by Crippen LogP contribution is 2.44. The average molecular weight is 604 g/mol. The van der Waals surface area contributed by atoms with Gasteiger partial charge in [-0.15, -0.1) is 13.2 Å². The molecule has 2 amide bonds. The molecule has 3 aromatic heterocycles. The highest BCUT2D eigenvalue weighted by atomic mass is 79.9. The molecule has 2 aliphatic rings. The zero-order chi connectivity index (χ0) is 27.5. The maximum absolute atomic E-state index is 13.8. The molecule has 1 aromatic carbocycles. The lowest BCUT2D eigenvalue weighted by Crippen LogP contribution is -2.50. The number of hydrogen-bond acceptors (Lipinski definition) is 7. The second-order valence-corrected chi connectivity index (χ2v) is 10.4. The molecule has 4 heterocycles. The first-order valence-electron chi connectivity index (χ1n) is 12.1. The maximum atomic E-state index is 13.8. The summed E-state index contributed by atoms with van der Waals surface area (Å²) in [5, 5.41) is 3.43. The Balaban J connectivity index is 1.34. The summed E-state index contributed by atoms with van der Waals surface area (Å²) >= 11 is 3.28. The number of nitrogen functional groups attached to an aromatic ring is 1. The molecule has 6 rings (SSSR count). The second kappa shape index (κ2) is 9.36. The first-order chi connectivity index (χ1) is 18.6. The lowest BCUT2D eigenvalue weighted by atomic mass is 9.80. The third-order valence-corrected chi connectivity index (χ3v) is 7.76. The van der Waals surface area contributed by atoms with Crippen LogP contribution in [0.4, 0.5) is 24.8 Å². The number of nitrogens with two attached hydrogens (primary N) is 1. The van der Waals surface area contributed by atoms with Crippen LogP contribution in [0.15, 0.2) is 47.3 Å². The molecule has 0 radical (unpaired) electrons. The van der Waals surface area contributed by atoms with E-state index in [0.717, 1.165) is 12.8 Å². The summed E-state index contributed by atoms with van der Waals surface area (Å²) < 4.78 is 44.8. The van der Waals surface area contributed by atoms with Crippen LogP contribution in [0.1, 0.15) is 19.3 Å². The van der Waals surface area contributed by atoms with E-state index in [-0.39, 0.29) is 36.1 Å². The van der Waals surface area contributed by atoms with Gasteiger partial charge in [0.25, 0.3) is 0 Å². The minimum atomic E-state index is -4.87. The smallest absolute Gasteiger partial charge is 0.406 e. The number of pyridine rings is 1. The predicted octanol–water partition coefficient (Wildman–Crippen LogP) is 4.24. The van der Waals surface area contributed by atoms with Crippen LogP contribution < -0.4 is 15.8 Å². The van der Waals surface area contributed by atoms with Gasteiger partial charge in [-0.1, -0.05) is 6.07 Å². The summed E-state index contributed by atoms with van der Waals surface area (Å²) in [5.41, 5.74) is 6.80. The number of amides is 2. The molecule has 10 nitrogen and oxygen atoms in total. The Hall–Kier alpha value is -3.94. The van der Waals surface area contributed by atoms with E-state index >= 15 is 0 Å². The normalized spacial score (nSPS) is 20.6. The Bertz CT molecular complexity index is 1630. The number of nitrogens with zero attached hydrogens (tertiary/aromatic N) is 5. The van der Waals surface area contributed by atoms with Gasteiger partial charge in [0, 0.05) is 11.4 Å². The molecule has 1 aliphatic carbocycles. The van der Waals surface area contributed by atoms with E-state index in [1.54, 1.807) is 27.7 Å². The molecule has 3 atom stereocenters. The number of fused-ring (bicyclic) bond motifs is 4. The van der Waals surface area contributed by atoms with Gasteiger partial charge in [-0.2, -0.15) is 0 Å². The van der Waals surface area contributed by atoms with Crippen molar-refractivity contribution in [1.29, 1.82) is 0 Å². The number of ether oxygens (including phenoxy) is 1. The number of carbonyl (C=O) groups is 2. The van der Waals surface area contributed by atoms with E-state index in [0.29, 0.717) is 38.8 Å². The van der Waals surface area contributed by atoms with Crippen molar-refractivity contribution in [2.45, 2.75) is 44.3 Å². The molecule has 3 N–H and O–H groups in total. The fraction of sp³-hybridized carbons (Fsp3) is 0.320. The molecule has 202 valence electrons. The van der Waals surface area contributed by atoms with Gasteiger partial charge >= 0.3 is 6.36 Å². The summed E-state index contributed by atoms with van der Waals surface area (Å²) in [6, 6.07) is 8.18. The van der Waals surface area contributed by atoms with Gasteiger partial charge in [0.15, 0.2) is 0 Å². The fourth-order valence-electron chi connectivity index (χ4n) is 5.60. The van der Waals surface area contributed by atoms with E-state index in [9.17, 15) is 22.8 Å². The van der Waals surface area contributed by atoms with Gasteiger partial charge in [0.2, 0.25) is 11.8 Å².